The first-order valence-corrected chi connectivity index (χ1v) is 7.66. The highest BCUT2D eigenvalue weighted by Gasteiger charge is 2.29. The van der Waals surface area contributed by atoms with E-state index in [0.717, 1.165) is 32.4 Å². The molecule has 3 heteroatoms. The van der Waals surface area contributed by atoms with Gasteiger partial charge in [-0.3, -0.25) is 4.79 Å². The SMILES string of the molecule is CC(C)C(Cc1ccccc1)C(=O)N1CCC(N)CC1. The molecule has 0 aromatic heterocycles. The summed E-state index contributed by atoms with van der Waals surface area (Å²) in [6.45, 7) is 5.92. The molecular formula is C17H26N2O. The van der Waals surface area contributed by atoms with Gasteiger partial charge in [0, 0.05) is 25.0 Å². The van der Waals surface area contributed by atoms with Crippen molar-refractivity contribution in [3.63, 3.8) is 0 Å². The van der Waals surface area contributed by atoms with Gasteiger partial charge in [-0.05, 0) is 30.7 Å². The second-order valence-electron chi connectivity index (χ2n) is 6.20. The van der Waals surface area contributed by atoms with Crippen LogP contribution in [0.5, 0.6) is 0 Å². The van der Waals surface area contributed by atoms with E-state index in [0.29, 0.717) is 11.8 Å². The molecule has 1 amide bonds. The molecule has 1 fully saturated rings. The Kier molecular flexibility index (Phi) is 5.18. The third-order valence-corrected chi connectivity index (χ3v) is 4.27. The number of carbonyl (C=O) groups excluding carboxylic acids is 1. The summed E-state index contributed by atoms with van der Waals surface area (Å²) in [6.07, 6.45) is 2.70. The quantitative estimate of drug-likeness (QED) is 0.916. The Morgan fingerprint density at radius 1 is 1.25 bits per heavy atom. The zero-order valence-corrected chi connectivity index (χ0v) is 12.6. The molecule has 20 heavy (non-hydrogen) atoms. The first-order chi connectivity index (χ1) is 9.58. The zero-order valence-electron chi connectivity index (χ0n) is 12.6. The van der Waals surface area contributed by atoms with Crippen LogP contribution in [0.25, 0.3) is 0 Å². The number of nitrogens with two attached hydrogens (primary N) is 1. The van der Waals surface area contributed by atoms with E-state index in [9.17, 15) is 4.79 Å². The second kappa shape index (κ2) is 6.89. The lowest BCUT2D eigenvalue weighted by Crippen LogP contribution is -2.46. The minimum absolute atomic E-state index is 0.0757. The molecule has 0 aliphatic carbocycles. The van der Waals surface area contributed by atoms with Crippen LogP contribution in [0.15, 0.2) is 30.3 Å². The molecule has 2 rings (SSSR count). The van der Waals surface area contributed by atoms with E-state index in [4.69, 9.17) is 5.73 Å². The van der Waals surface area contributed by atoms with E-state index in [1.54, 1.807) is 0 Å². The Hall–Kier alpha value is -1.35. The van der Waals surface area contributed by atoms with E-state index < -0.39 is 0 Å². The molecule has 1 aliphatic rings. The number of nitrogens with zero attached hydrogens (tertiary/aromatic N) is 1. The minimum Gasteiger partial charge on any atom is -0.342 e. The van der Waals surface area contributed by atoms with Gasteiger partial charge in [0.1, 0.15) is 0 Å². The summed E-state index contributed by atoms with van der Waals surface area (Å²) in [7, 11) is 0. The van der Waals surface area contributed by atoms with Crippen molar-refractivity contribution in [2.45, 2.75) is 39.2 Å². The Labute approximate surface area is 122 Å². The van der Waals surface area contributed by atoms with Gasteiger partial charge < -0.3 is 10.6 Å². The van der Waals surface area contributed by atoms with Gasteiger partial charge in [-0.25, -0.2) is 0 Å². The average Bonchev–Trinajstić information content (AvgIpc) is 2.45. The zero-order chi connectivity index (χ0) is 14.5. The predicted molar refractivity (Wildman–Crippen MR) is 82.3 cm³/mol. The van der Waals surface area contributed by atoms with Crippen LogP contribution < -0.4 is 5.73 Å². The van der Waals surface area contributed by atoms with E-state index in [-0.39, 0.29) is 12.0 Å². The lowest BCUT2D eigenvalue weighted by Gasteiger charge is -2.34. The van der Waals surface area contributed by atoms with Crippen LogP contribution in [0.1, 0.15) is 32.3 Å². The molecule has 1 aliphatic heterocycles. The van der Waals surface area contributed by atoms with E-state index in [2.05, 4.69) is 26.0 Å². The summed E-state index contributed by atoms with van der Waals surface area (Å²) in [5.74, 6) is 0.737. The van der Waals surface area contributed by atoms with Crippen LogP contribution in [0.2, 0.25) is 0 Å². The number of benzene rings is 1. The molecule has 0 spiro atoms. The van der Waals surface area contributed by atoms with Crippen molar-refractivity contribution in [3.05, 3.63) is 35.9 Å². The van der Waals surface area contributed by atoms with Gasteiger partial charge in [0.15, 0.2) is 0 Å². The third-order valence-electron chi connectivity index (χ3n) is 4.27. The summed E-state index contributed by atoms with van der Waals surface area (Å²) in [6, 6.07) is 10.6. The fourth-order valence-electron chi connectivity index (χ4n) is 2.83. The smallest absolute Gasteiger partial charge is 0.226 e. The highest BCUT2D eigenvalue weighted by molar-refractivity contribution is 5.79. The van der Waals surface area contributed by atoms with Crippen LogP contribution in [-0.4, -0.2) is 29.9 Å². The minimum atomic E-state index is 0.0757. The molecule has 1 saturated heterocycles. The Morgan fingerprint density at radius 2 is 1.85 bits per heavy atom. The number of hydrogen-bond acceptors (Lipinski definition) is 2. The van der Waals surface area contributed by atoms with Crippen LogP contribution in [0.4, 0.5) is 0 Å². The van der Waals surface area contributed by atoms with E-state index >= 15 is 0 Å². The number of carbonyl (C=O) groups is 1. The highest BCUT2D eigenvalue weighted by Crippen LogP contribution is 2.22. The van der Waals surface area contributed by atoms with Crippen molar-refractivity contribution < 1.29 is 4.79 Å². The first kappa shape index (κ1) is 15.0. The van der Waals surface area contributed by atoms with Crippen molar-refractivity contribution in [1.82, 2.24) is 4.90 Å². The maximum absolute atomic E-state index is 12.7. The van der Waals surface area contributed by atoms with Crippen LogP contribution in [0.3, 0.4) is 0 Å². The monoisotopic (exact) mass is 274 g/mol. The maximum atomic E-state index is 12.7. The molecule has 110 valence electrons. The van der Waals surface area contributed by atoms with Crippen molar-refractivity contribution >= 4 is 5.91 Å². The Bertz CT molecular complexity index is 422. The summed E-state index contributed by atoms with van der Waals surface area (Å²) in [5.41, 5.74) is 7.16. The lowest BCUT2D eigenvalue weighted by atomic mass is 9.87. The summed E-state index contributed by atoms with van der Waals surface area (Å²) in [5, 5.41) is 0. The first-order valence-electron chi connectivity index (χ1n) is 7.66. The summed E-state index contributed by atoms with van der Waals surface area (Å²) in [4.78, 5) is 14.7. The second-order valence-corrected chi connectivity index (χ2v) is 6.20. The molecule has 1 atom stereocenters. The fourth-order valence-corrected chi connectivity index (χ4v) is 2.83. The highest BCUT2D eigenvalue weighted by atomic mass is 16.2. The van der Waals surface area contributed by atoms with Crippen molar-refractivity contribution in [1.29, 1.82) is 0 Å². The lowest BCUT2D eigenvalue weighted by molar-refractivity contribution is -0.138. The molecule has 1 unspecified atom stereocenters. The normalized spacial score (nSPS) is 18.3. The number of rotatable bonds is 4. The molecule has 1 heterocycles. The third kappa shape index (κ3) is 3.83. The van der Waals surface area contributed by atoms with Gasteiger partial charge >= 0.3 is 0 Å². The van der Waals surface area contributed by atoms with Gasteiger partial charge in [-0.1, -0.05) is 44.2 Å². The van der Waals surface area contributed by atoms with Gasteiger partial charge in [-0.15, -0.1) is 0 Å². The number of hydrogen-bond donors (Lipinski definition) is 1. The van der Waals surface area contributed by atoms with Crippen LogP contribution in [0, 0.1) is 11.8 Å². The standard InChI is InChI=1S/C17H26N2O/c1-13(2)16(12-14-6-4-3-5-7-14)17(20)19-10-8-15(18)9-11-19/h3-7,13,15-16H,8-12,18H2,1-2H3. The molecule has 1 aromatic carbocycles. The molecule has 0 radical (unpaired) electrons. The van der Waals surface area contributed by atoms with Crippen LogP contribution >= 0.6 is 0 Å². The summed E-state index contributed by atoms with van der Waals surface area (Å²) < 4.78 is 0. The molecule has 0 bridgehead atoms. The number of amides is 1. The van der Waals surface area contributed by atoms with Gasteiger partial charge in [0.05, 0.1) is 0 Å². The Balaban J connectivity index is 2.03. The number of likely N-dealkylation sites (tertiary alicyclic amines) is 1. The van der Waals surface area contributed by atoms with Gasteiger partial charge in [0.2, 0.25) is 5.91 Å². The van der Waals surface area contributed by atoms with Gasteiger partial charge in [0.25, 0.3) is 0 Å². The number of piperidine rings is 1. The Morgan fingerprint density at radius 3 is 2.40 bits per heavy atom. The molecule has 1 aromatic rings. The largest absolute Gasteiger partial charge is 0.342 e. The van der Waals surface area contributed by atoms with Crippen molar-refractivity contribution in [2.75, 3.05) is 13.1 Å². The van der Waals surface area contributed by atoms with E-state index in [1.807, 2.05) is 23.1 Å². The molecule has 0 saturated carbocycles. The fraction of sp³-hybridized carbons (Fsp3) is 0.588. The topological polar surface area (TPSA) is 46.3 Å². The van der Waals surface area contributed by atoms with E-state index in [1.165, 1.54) is 5.56 Å². The van der Waals surface area contributed by atoms with Gasteiger partial charge in [-0.2, -0.15) is 0 Å². The summed E-state index contributed by atoms with van der Waals surface area (Å²) >= 11 is 0. The predicted octanol–water partition coefficient (Wildman–Crippen LogP) is 2.45. The molecular weight excluding hydrogens is 248 g/mol. The van der Waals surface area contributed by atoms with Crippen molar-refractivity contribution in [2.24, 2.45) is 17.6 Å². The molecule has 2 N–H and O–H groups in total. The maximum Gasteiger partial charge on any atom is 0.226 e. The average molecular weight is 274 g/mol. The molecule has 3 nitrogen and oxygen atoms in total. The van der Waals surface area contributed by atoms with Crippen molar-refractivity contribution in [3.8, 4) is 0 Å². The van der Waals surface area contributed by atoms with Crippen LogP contribution in [-0.2, 0) is 11.2 Å².